The molecule has 0 saturated heterocycles. The molecule has 4 atom stereocenters. The lowest BCUT2D eigenvalue weighted by molar-refractivity contribution is 0.0913. The smallest absolute Gasteiger partial charge is 0.251 e. The zero-order chi connectivity index (χ0) is 27.5. The van der Waals surface area contributed by atoms with Gasteiger partial charge in [0.2, 0.25) is 10.0 Å². The number of hydrogen-bond donors (Lipinski definition) is 2. The molecule has 2 aromatic rings. The molecular formula is C25H35F2N5O4S. The van der Waals surface area contributed by atoms with Crippen molar-refractivity contribution in [2.75, 3.05) is 49.8 Å². The molecular weight excluding hydrogens is 504 g/mol. The number of sulfonamides is 1. The average molecular weight is 540 g/mol. The fraction of sp³-hybridized carbons (Fsp3) is 0.520. The lowest BCUT2D eigenvalue weighted by Gasteiger charge is -2.26. The third-order valence-electron chi connectivity index (χ3n) is 6.63. The number of carbonyl (C=O) groups excluding carboxylic acids is 1. The van der Waals surface area contributed by atoms with Crippen LogP contribution in [0.2, 0.25) is 0 Å². The fourth-order valence-electron chi connectivity index (χ4n) is 4.11. The molecule has 37 heavy (non-hydrogen) atoms. The maximum Gasteiger partial charge on any atom is 0.251 e. The minimum Gasteiger partial charge on any atom is -0.383 e. The number of nitrogens with one attached hydrogen (secondary N) is 1. The summed E-state index contributed by atoms with van der Waals surface area (Å²) in [6.45, 7) is 2.97. The van der Waals surface area contributed by atoms with E-state index in [-0.39, 0.29) is 24.4 Å². The van der Waals surface area contributed by atoms with E-state index in [0.717, 1.165) is 23.0 Å². The summed E-state index contributed by atoms with van der Waals surface area (Å²) in [5, 5.41) is 2.83. The Hall–Kier alpha value is -2.83. The lowest BCUT2D eigenvalue weighted by Crippen LogP contribution is -2.51. The van der Waals surface area contributed by atoms with Crippen LogP contribution in [0.5, 0.6) is 0 Å². The highest BCUT2D eigenvalue weighted by Crippen LogP contribution is 2.38. The quantitative estimate of drug-likeness (QED) is 0.424. The molecule has 0 bridgehead atoms. The first-order chi connectivity index (χ1) is 17.3. The van der Waals surface area contributed by atoms with Crippen molar-refractivity contribution in [3.05, 3.63) is 53.1 Å². The zero-order valence-corrected chi connectivity index (χ0v) is 22.6. The largest absolute Gasteiger partial charge is 0.383 e. The Morgan fingerprint density at radius 1 is 1.19 bits per heavy atom. The van der Waals surface area contributed by atoms with E-state index in [1.165, 1.54) is 32.4 Å². The monoisotopic (exact) mass is 539 g/mol. The molecule has 12 heteroatoms. The minimum atomic E-state index is -3.64. The van der Waals surface area contributed by atoms with E-state index in [0.29, 0.717) is 29.8 Å². The summed E-state index contributed by atoms with van der Waals surface area (Å²) >= 11 is 0. The van der Waals surface area contributed by atoms with E-state index in [1.807, 2.05) is 11.9 Å². The Bertz CT molecular complexity index is 1210. The first-order valence-electron chi connectivity index (χ1n) is 12.0. The molecule has 1 aromatic heterocycles. The van der Waals surface area contributed by atoms with Crippen molar-refractivity contribution in [3.63, 3.8) is 0 Å². The van der Waals surface area contributed by atoms with Crippen LogP contribution < -0.4 is 20.3 Å². The van der Waals surface area contributed by atoms with Crippen molar-refractivity contribution < 1.29 is 26.7 Å². The second-order valence-corrected chi connectivity index (χ2v) is 11.9. The maximum atomic E-state index is 13.8. The lowest BCUT2D eigenvalue weighted by atomic mass is 9.99. The highest BCUT2D eigenvalue weighted by Gasteiger charge is 2.34. The van der Waals surface area contributed by atoms with Crippen molar-refractivity contribution >= 4 is 27.6 Å². The highest BCUT2D eigenvalue weighted by atomic mass is 32.2. The minimum absolute atomic E-state index is 0.0540. The summed E-state index contributed by atoms with van der Waals surface area (Å²) in [7, 11) is 1.02. The summed E-state index contributed by atoms with van der Waals surface area (Å²) in [5.41, 5.74) is 6.72. The Balaban J connectivity index is 1.92. The molecule has 1 heterocycles. The maximum absolute atomic E-state index is 13.8. The molecule has 1 amide bonds. The fourth-order valence-corrected chi connectivity index (χ4v) is 4.54. The number of halogens is 2. The molecule has 1 fully saturated rings. The third kappa shape index (κ3) is 7.83. The molecule has 9 nitrogen and oxygen atoms in total. The number of amides is 1. The van der Waals surface area contributed by atoms with Crippen molar-refractivity contribution in [2.45, 2.75) is 31.8 Å². The average Bonchev–Trinajstić information content (AvgIpc) is 3.50. The van der Waals surface area contributed by atoms with Crippen molar-refractivity contribution in [2.24, 2.45) is 17.6 Å². The number of benzene rings is 1. The Kier molecular flexibility index (Phi) is 9.09. The molecule has 0 aliphatic heterocycles. The number of anilines is 2. The molecule has 0 radical (unpaired) electrons. The van der Waals surface area contributed by atoms with Gasteiger partial charge in [0.05, 0.1) is 18.9 Å². The Morgan fingerprint density at radius 2 is 1.78 bits per heavy atom. The molecule has 1 saturated carbocycles. The van der Waals surface area contributed by atoms with Crippen molar-refractivity contribution in [1.29, 1.82) is 0 Å². The summed E-state index contributed by atoms with van der Waals surface area (Å²) in [6.07, 6.45) is 2.20. The SMILES string of the molecule is COC[C@H](N)[C@H](Cc1cc(F)cc(F)c1)NC(=O)c1cc(N(C)C[C@H]2C[C@@H]2C)nc(N(C)S(C)(=O)=O)c1. The first-order valence-corrected chi connectivity index (χ1v) is 13.8. The van der Waals surface area contributed by atoms with Crippen molar-refractivity contribution in [3.8, 4) is 0 Å². The van der Waals surface area contributed by atoms with E-state index in [1.54, 1.807) is 6.07 Å². The van der Waals surface area contributed by atoms with Crippen LogP contribution in [0.15, 0.2) is 30.3 Å². The zero-order valence-electron chi connectivity index (χ0n) is 21.7. The van der Waals surface area contributed by atoms with Crippen LogP contribution in [-0.4, -0.2) is 72.0 Å². The van der Waals surface area contributed by atoms with Gasteiger partial charge in [0.15, 0.2) is 0 Å². The van der Waals surface area contributed by atoms with Gasteiger partial charge in [0.25, 0.3) is 5.91 Å². The number of ether oxygens (including phenoxy) is 1. The highest BCUT2D eigenvalue weighted by molar-refractivity contribution is 7.92. The van der Waals surface area contributed by atoms with E-state index in [2.05, 4.69) is 17.2 Å². The van der Waals surface area contributed by atoms with Crippen LogP contribution in [0.3, 0.4) is 0 Å². The van der Waals surface area contributed by atoms with Gasteiger partial charge in [-0.25, -0.2) is 22.2 Å². The third-order valence-corrected chi connectivity index (χ3v) is 7.81. The predicted molar refractivity (Wildman–Crippen MR) is 139 cm³/mol. The number of methoxy groups -OCH3 is 1. The Morgan fingerprint density at radius 3 is 2.32 bits per heavy atom. The first kappa shape index (κ1) is 28.7. The standard InChI is InChI=1S/C25H35F2N5O4S/c1-15-6-18(15)13-31(2)23-10-17(11-24(30-23)32(3)37(5,34)35)25(33)29-22(21(28)14-36-4)9-16-7-19(26)12-20(27)8-16/h7-8,10-12,15,18,21-22H,6,9,13-14,28H2,1-5H3,(H,29,33)/t15-,18+,21-,22-/m0/s1. The number of nitrogens with zero attached hydrogens (tertiary/aromatic N) is 3. The molecule has 3 N–H and O–H groups in total. The second-order valence-electron chi connectivity index (χ2n) is 9.84. The van der Waals surface area contributed by atoms with Gasteiger partial charge >= 0.3 is 0 Å². The molecule has 3 rings (SSSR count). The molecule has 0 unspecified atom stereocenters. The number of nitrogens with two attached hydrogens (primary N) is 1. The van der Waals surface area contributed by atoms with Gasteiger partial charge in [-0.15, -0.1) is 0 Å². The summed E-state index contributed by atoms with van der Waals surface area (Å²) in [5.74, 6) is -0.367. The molecule has 1 aromatic carbocycles. The van der Waals surface area contributed by atoms with Crippen molar-refractivity contribution in [1.82, 2.24) is 10.3 Å². The van der Waals surface area contributed by atoms with Gasteiger partial charge in [-0.2, -0.15) is 0 Å². The van der Waals surface area contributed by atoms with Crippen LogP contribution in [0.25, 0.3) is 0 Å². The molecule has 0 spiro atoms. The van der Waals surface area contributed by atoms with E-state index >= 15 is 0 Å². The molecule has 1 aliphatic rings. The topological polar surface area (TPSA) is 118 Å². The van der Waals surface area contributed by atoms with Crippen LogP contribution >= 0.6 is 0 Å². The Labute approximate surface area is 217 Å². The van der Waals surface area contributed by atoms with Gasteiger partial charge in [-0.1, -0.05) is 6.92 Å². The van der Waals surface area contributed by atoms with Gasteiger partial charge in [0.1, 0.15) is 23.3 Å². The van der Waals surface area contributed by atoms with Gasteiger partial charge in [0, 0.05) is 45.4 Å². The number of aromatic nitrogens is 1. The van der Waals surface area contributed by atoms with Crippen LogP contribution in [0, 0.1) is 23.5 Å². The predicted octanol–water partition coefficient (Wildman–Crippen LogP) is 2.16. The van der Waals surface area contributed by atoms with Crippen LogP contribution in [0.1, 0.15) is 29.3 Å². The van der Waals surface area contributed by atoms with Crippen LogP contribution in [-0.2, 0) is 21.2 Å². The molecule has 1 aliphatic carbocycles. The van der Waals surface area contributed by atoms with E-state index in [9.17, 15) is 22.0 Å². The summed E-state index contributed by atoms with van der Waals surface area (Å²) in [6, 6.07) is 4.68. The normalized spacial score (nSPS) is 18.7. The molecule has 204 valence electrons. The van der Waals surface area contributed by atoms with E-state index in [4.69, 9.17) is 10.5 Å². The summed E-state index contributed by atoms with van der Waals surface area (Å²) < 4.78 is 58.1. The van der Waals surface area contributed by atoms with Gasteiger partial charge in [-0.3, -0.25) is 9.10 Å². The van der Waals surface area contributed by atoms with E-state index < -0.39 is 39.6 Å². The number of carbonyl (C=O) groups is 1. The summed E-state index contributed by atoms with van der Waals surface area (Å²) in [4.78, 5) is 19.8. The number of rotatable bonds is 12. The number of hydrogen-bond acceptors (Lipinski definition) is 7. The van der Waals surface area contributed by atoms with Gasteiger partial charge in [-0.05, 0) is 54.5 Å². The van der Waals surface area contributed by atoms with Crippen LogP contribution in [0.4, 0.5) is 20.4 Å². The number of pyridine rings is 1. The second kappa shape index (κ2) is 11.7. The van der Waals surface area contributed by atoms with Gasteiger partial charge < -0.3 is 20.7 Å².